The monoisotopic (exact) mass is 447 g/mol. The third kappa shape index (κ3) is 6.84. The van der Waals surface area contributed by atoms with Crippen molar-refractivity contribution in [2.75, 3.05) is 26.2 Å². The van der Waals surface area contributed by atoms with E-state index in [9.17, 15) is 5.11 Å². The number of hydrogen-bond acceptors (Lipinski definition) is 3. The fraction of sp³-hybridized carbons (Fsp3) is 0.611. The van der Waals surface area contributed by atoms with Gasteiger partial charge in [0.2, 0.25) is 0 Å². The first-order valence-corrected chi connectivity index (χ1v) is 8.51. The summed E-state index contributed by atoms with van der Waals surface area (Å²) in [4.78, 5) is 6.82. The molecule has 0 saturated carbocycles. The zero-order valence-corrected chi connectivity index (χ0v) is 17.2. The topological polar surface area (TPSA) is 57.1 Å². The average Bonchev–Trinajstić information content (AvgIpc) is 2.96. The summed E-state index contributed by atoms with van der Waals surface area (Å²) in [5.74, 6) is 2.28. The lowest BCUT2D eigenvalue weighted by Gasteiger charge is -2.21. The molecule has 0 aromatic heterocycles. The molecule has 0 radical (unpaired) electrons. The molecule has 6 heteroatoms. The van der Waals surface area contributed by atoms with Gasteiger partial charge in [0.25, 0.3) is 0 Å². The number of rotatable bonds is 6. The lowest BCUT2D eigenvalue weighted by Crippen LogP contribution is -2.40. The number of aliphatic hydroxyl groups is 1. The molecule has 2 N–H and O–H groups in total. The van der Waals surface area contributed by atoms with Gasteiger partial charge in [-0.25, -0.2) is 4.99 Å². The molecule has 1 fully saturated rings. The summed E-state index contributed by atoms with van der Waals surface area (Å²) in [5, 5.41) is 13.0. The van der Waals surface area contributed by atoms with Crippen LogP contribution in [0.2, 0.25) is 0 Å². The molecule has 1 atom stereocenters. The van der Waals surface area contributed by atoms with Gasteiger partial charge in [-0.15, -0.1) is 24.0 Å². The van der Waals surface area contributed by atoms with E-state index in [1.165, 1.54) is 0 Å². The number of β-amino-alcohol motifs (C(OH)–C–C–N with tert-alkyl or cyclic N) is 1. The summed E-state index contributed by atoms with van der Waals surface area (Å²) in [6, 6.07) is 8.10. The number of likely N-dealkylation sites (tertiary alicyclic amines) is 1. The summed E-state index contributed by atoms with van der Waals surface area (Å²) in [5.41, 5.74) is 1.13. The second kappa shape index (κ2) is 10.8. The van der Waals surface area contributed by atoms with Gasteiger partial charge in [-0.3, -0.25) is 0 Å². The van der Waals surface area contributed by atoms with Crippen molar-refractivity contribution in [3.63, 3.8) is 0 Å². The van der Waals surface area contributed by atoms with E-state index in [-0.39, 0.29) is 30.1 Å². The molecule has 0 amide bonds. The summed E-state index contributed by atoms with van der Waals surface area (Å²) in [6.45, 7) is 10.00. The van der Waals surface area contributed by atoms with E-state index < -0.39 is 0 Å². The predicted octanol–water partition coefficient (Wildman–Crippen LogP) is 2.87. The van der Waals surface area contributed by atoms with Crippen molar-refractivity contribution in [1.29, 1.82) is 0 Å². The van der Waals surface area contributed by atoms with Crippen molar-refractivity contribution in [2.24, 2.45) is 10.9 Å². The molecule has 1 aromatic rings. The van der Waals surface area contributed by atoms with E-state index in [0.29, 0.717) is 19.0 Å². The third-order valence-corrected chi connectivity index (χ3v) is 3.69. The summed E-state index contributed by atoms with van der Waals surface area (Å²) in [7, 11) is 0. The Morgan fingerprint density at radius 3 is 2.88 bits per heavy atom. The first-order chi connectivity index (χ1) is 11.1. The average molecular weight is 447 g/mol. The number of guanidine groups is 1. The molecule has 5 nitrogen and oxygen atoms in total. The minimum atomic E-state index is -0.244. The first-order valence-electron chi connectivity index (χ1n) is 8.51. The fourth-order valence-electron chi connectivity index (χ4n) is 2.52. The molecule has 0 spiro atoms. The van der Waals surface area contributed by atoms with Gasteiger partial charge in [-0.1, -0.05) is 26.0 Å². The third-order valence-electron chi connectivity index (χ3n) is 3.69. The molecule has 0 bridgehead atoms. The van der Waals surface area contributed by atoms with E-state index in [0.717, 1.165) is 43.4 Å². The van der Waals surface area contributed by atoms with E-state index in [4.69, 9.17) is 9.73 Å². The van der Waals surface area contributed by atoms with Crippen LogP contribution in [-0.4, -0.2) is 48.3 Å². The number of ether oxygens (including phenoxy) is 1. The van der Waals surface area contributed by atoms with Gasteiger partial charge < -0.3 is 20.1 Å². The molecule has 1 aliphatic heterocycles. The lowest BCUT2D eigenvalue weighted by atomic mass is 10.2. The number of aliphatic imine (C=N–C) groups is 1. The Labute approximate surface area is 162 Å². The first kappa shape index (κ1) is 21.0. The van der Waals surface area contributed by atoms with Gasteiger partial charge in [-0.2, -0.15) is 0 Å². The quantitative estimate of drug-likeness (QED) is 0.400. The molecular weight excluding hydrogens is 417 g/mol. The van der Waals surface area contributed by atoms with E-state index in [1.54, 1.807) is 0 Å². The summed E-state index contributed by atoms with van der Waals surface area (Å²) < 4.78 is 5.77. The number of aliphatic hydroxyl groups excluding tert-OH is 1. The second-order valence-corrected chi connectivity index (χ2v) is 6.41. The summed E-state index contributed by atoms with van der Waals surface area (Å²) in [6.07, 6.45) is 0.565. The highest BCUT2D eigenvalue weighted by Crippen LogP contribution is 2.16. The number of nitrogens with one attached hydrogen (secondary N) is 1. The molecule has 1 aliphatic rings. The van der Waals surface area contributed by atoms with Crippen LogP contribution in [0.5, 0.6) is 5.75 Å². The van der Waals surface area contributed by atoms with Crippen LogP contribution in [0.4, 0.5) is 0 Å². The number of nitrogens with zero attached hydrogens (tertiary/aromatic N) is 2. The SMILES string of the molecule is CCNC(=NCc1cccc(OCC(C)C)c1)N1CC[C@@H](O)C1.I. The van der Waals surface area contributed by atoms with Crippen molar-refractivity contribution in [1.82, 2.24) is 10.2 Å². The Morgan fingerprint density at radius 2 is 2.25 bits per heavy atom. The van der Waals surface area contributed by atoms with Gasteiger partial charge >= 0.3 is 0 Å². The fourth-order valence-corrected chi connectivity index (χ4v) is 2.52. The molecule has 1 saturated heterocycles. The Bertz CT molecular complexity index is 523. The van der Waals surface area contributed by atoms with Crippen LogP contribution in [0.15, 0.2) is 29.3 Å². The van der Waals surface area contributed by atoms with Crippen molar-refractivity contribution >= 4 is 29.9 Å². The van der Waals surface area contributed by atoms with Gasteiger partial charge in [0, 0.05) is 19.6 Å². The van der Waals surface area contributed by atoms with Crippen LogP contribution in [-0.2, 0) is 6.54 Å². The molecule has 1 aromatic carbocycles. The molecule has 0 unspecified atom stereocenters. The van der Waals surface area contributed by atoms with Crippen LogP contribution in [0.25, 0.3) is 0 Å². The van der Waals surface area contributed by atoms with Gasteiger partial charge in [0.15, 0.2) is 5.96 Å². The van der Waals surface area contributed by atoms with Crippen molar-refractivity contribution in [3.8, 4) is 5.75 Å². The minimum absolute atomic E-state index is 0. The van der Waals surface area contributed by atoms with Crippen LogP contribution in [0, 0.1) is 5.92 Å². The van der Waals surface area contributed by atoms with E-state index >= 15 is 0 Å². The number of halogens is 1. The van der Waals surface area contributed by atoms with Crippen LogP contribution in [0.1, 0.15) is 32.8 Å². The van der Waals surface area contributed by atoms with Gasteiger partial charge in [0.05, 0.1) is 19.3 Å². The maximum atomic E-state index is 9.70. The van der Waals surface area contributed by atoms with Gasteiger partial charge in [-0.05, 0) is 37.0 Å². The number of benzene rings is 1. The molecule has 24 heavy (non-hydrogen) atoms. The largest absolute Gasteiger partial charge is 0.493 e. The predicted molar refractivity (Wildman–Crippen MR) is 109 cm³/mol. The highest BCUT2D eigenvalue weighted by molar-refractivity contribution is 14.0. The standard InChI is InChI=1S/C18H29N3O2.HI/c1-4-19-18(21-9-8-16(22)12-21)20-11-15-6-5-7-17(10-15)23-13-14(2)3;/h5-7,10,14,16,22H,4,8-9,11-13H2,1-3H3,(H,19,20);1H/t16-;/m1./s1. The molecule has 1 heterocycles. The molecule has 0 aliphatic carbocycles. The van der Waals surface area contributed by atoms with Gasteiger partial charge in [0.1, 0.15) is 5.75 Å². The molecule has 136 valence electrons. The Kier molecular flexibility index (Phi) is 9.43. The maximum Gasteiger partial charge on any atom is 0.194 e. The Balaban J connectivity index is 0.00000288. The Morgan fingerprint density at radius 1 is 1.46 bits per heavy atom. The molecular formula is C18H30IN3O2. The Hall–Kier alpha value is -1.02. The van der Waals surface area contributed by atoms with Crippen LogP contribution >= 0.6 is 24.0 Å². The zero-order valence-electron chi connectivity index (χ0n) is 14.9. The second-order valence-electron chi connectivity index (χ2n) is 6.41. The smallest absolute Gasteiger partial charge is 0.194 e. The van der Waals surface area contributed by atoms with Crippen LogP contribution in [0.3, 0.4) is 0 Å². The zero-order chi connectivity index (χ0) is 16.7. The summed E-state index contributed by atoms with van der Waals surface area (Å²) >= 11 is 0. The minimum Gasteiger partial charge on any atom is -0.493 e. The highest BCUT2D eigenvalue weighted by Gasteiger charge is 2.22. The lowest BCUT2D eigenvalue weighted by molar-refractivity contribution is 0.188. The highest BCUT2D eigenvalue weighted by atomic mass is 127. The van der Waals surface area contributed by atoms with Crippen molar-refractivity contribution in [2.45, 2.75) is 39.8 Å². The van der Waals surface area contributed by atoms with Crippen molar-refractivity contribution < 1.29 is 9.84 Å². The number of hydrogen-bond donors (Lipinski definition) is 2. The van der Waals surface area contributed by atoms with Crippen molar-refractivity contribution in [3.05, 3.63) is 29.8 Å². The van der Waals surface area contributed by atoms with E-state index in [1.807, 2.05) is 18.2 Å². The normalized spacial score (nSPS) is 17.8. The van der Waals surface area contributed by atoms with Crippen LogP contribution < -0.4 is 10.1 Å². The van der Waals surface area contributed by atoms with E-state index in [2.05, 4.69) is 37.1 Å². The molecule has 2 rings (SSSR count). The maximum absolute atomic E-state index is 9.70.